The SMILES string of the molecule is S=c1n(C[NH+]2CCC[C@@H]2c2cccs2)nc(C2CC2)n1-c1ccccc1. The molecule has 1 unspecified atom stereocenters. The van der Waals surface area contributed by atoms with Gasteiger partial charge in [-0.2, -0.15) is 9.78 Å². The summed E-state index contributed by atoms with van der Waals surface area (Å²) in [6, 6.07) is 15.5. The molecule has 1 aromatic carbocycles. The fourth-order valence-electron chi connectivity index (χ4n) is 4.08. The molecule has 3 heterocycles. The van der Waals surface area contributed by atoms with E-state index in [4.69, 9.17) is 17.3 Å². The van der Waals surface area contributed by atoms with Gasteiger partial charge in [0.25, 0.3) is 0 Å². The Hall–Kier alpha value is -1.76. The topological polar surface area (TPSA) is 27.2 Å². The number of nitrogens with one attached hydrogen (secondary N) is 1. The van der Waals surface area contributed by atoms with Crippen LogP contribution in [0.4, 0.5) is 0 Å². The molecule has 134 valence electrons. The van der Waals surface area contributed by atoms with E-state index in [9.17, 15) is 0 Å². The summed E-state index contributed by atoms with van der Waals surface area (Å²) in [4.78, 5) is 3.08. The van der Waals surface area contributed by atoms with E-state index in [-0.39, 0.29) is 0 Å². The van der Waals surface area contributed by atoms with E-state index in [1.54, 1.807) is 4.90 Å². The molecule has 0 radical (unpaired) electrons. The van der Waals surface area contributed by atoms with Gasteiger partial charge < -0.3 is 4.90 Å². The Balaban J connectivity index is 1.49. The fourth-order valence-corrected chi connectivity index (χ4v) is 5.30. The number of hydrogen-bond donors (Lipinski definition) is 1. The lowest BCUT2D eigenvalue weighted by Gasteiger charge is -2.20. The van der Waals surface area contributed by atoms with E-state index in [0.29, 0.717) is 12.0 Å². The first-order valence-corrected chi connectivity index (χ1v) is 10.7. The van der Waals surface area contributed by atoms with Gasteiger partial charge in [0, 0.05) is 24.4 Å². The first-order chi connectivity index (χ1) is 12.8. The van der Waals surface area contributed by atoms with Crippen LogP contribution in [0.2, 0.25) is 0 Å². The number of likely N-dealkylation sites (tertiary alicyclic amines) is 1. The average Bonchev–Trinajstić information content (AvgIpc) is 3.06. The molecule has 26 heavy (non-hydrogen) atoms. The Bertz CT molecular complexity index is 938. The van der Waals surface area contributed by atoms with Crippen molar-refractivity contribution >= 4 is 23.6 Å². The summed E-state index contributed by atoms with van der Waals surface area (Å²) in [5.74, 6) is 1.72. The molecule has 0 bridgehead atoms. The van der Waals surface area contributed by atoms with Crippen molar-refractivity contribution in [3.05, 3.63) is 63.3 Å². The number of para-hydroxylation sites is 1. The van der Waals surface area contributed by atoms with Crippen LogP contribution >= 0.6 is 23.6 Å². The molecule has 2 aliphatic rings. The lowest BCUT2D eigenvalue weighted by Crippen LogP contribution is -3.09. The molecule has 0 amide bonds. The smallest absolute Gasteiger partial charge is 0.207 e. The van der Waals surface area contributed by atoms with Crippen molar-refractivity contribution in [1.29, 1.82) is 0 Å². The predicted molar refractivity (Wildman–Crippen MR) is 106 cm³/mol. The van der Waals surface area contributed by atoms with Crippen LogP contribution in [0.3, 0.4) is 0 Å². The summed E-state index contributed by atoms with van der Waals surface area (Å²) in [5.41, 5.74) is 1.14. The number of aromatic nitrogens is 3. The highest BCUT2D eigenvalue weighted by molar-refractivity contribution is 7.71. The molecular formula is C20H23N4S2+. The molecule has 1 saturated heterocycles. The van der Waals surface area contributed by atoms with Gasteiger partial charge in [-0.3, -0.25) is 4.57 Å². The molecule has 1 aliphatic carbocycles. The van der Waals surface area contributed by atoms with Gasteiger partial charge in [-0.05, 0) is 48.6 Å². The first-order valence-electron chi connectivity index (χ1n) is 9.44. The van der Waals surface area contributed by atoms with E-state index in [2.05, 4.69) is 51.0 Å². The minimum atomic E-state index is 0.569. The van der Waals surface area contributed by atoms with Crippen LogP contribution in [0, 0.1) is 4.77 Å². The van der Waals surface area contributed by atoms with E-state index in [1.807, 2.05) is 17.4 Å². The molecule has 2 aromatic heterocycles. The fraction of sp³-hybridized carbons (Fsp3) is 0.400. The van der Waals surface area contributed by atoms with Gasteiger partial charge >= 0.3 is 0 Å². The maximum Gasteiger partial charge on any atom is 0.207 e. The number of rotatable bonds is 5. The minimum absolute atomic E-state index is 0.569. The molecule has 1 aliphatic heterocycles. The molecule has 1 saturated carbocycles. The zero-order valence-corrected chi connectivity index (χ0v) is 16.3. The van der Waals surface area contributed by atoms with E-state index in [1.165, 1.54) is 37.1 Å². The third kappa shape index (κ3) is 2.96. The zero-order valence-electron chi connectivity index (χ0n) is 14.7. The highest BCUT2D eigenvalue weighted by Gasteiger charge is 2.34. The second-order valence-corrected chi connectivity index (χ2v) is 8.71. The molecule has 2 atom stereocenters. The standard InChI is InChI=1S/C20H22N4S2/c25-20-23(14-22-12-4-8-17(22)18-9-5-13-26-18)21-19(15-10-11-15)24(20)16-6-2-1-3-7-16/h1-3,5-7,9,13,15,17H,4,8,10-12,14H2/p+1/t17-/m1/s1. The highest BCUT2D eigenvalue weighted by atomic mass is 32.1. The summed E-state index contributed by atoms with van der Waals surface area (Å²) < 4.78 is 5.11. The lowest BCUT2D eigenvalue weighted by atomic mass is 10.2. The Labute approximate surface area is 162 Å². The van der Waals surface area contributed by atoms with Crippen LogP contribution in [0.25, 0.3) is 5.69 Å². The normalized spacial score (nSPS) is 22.8. The summed E-state index contributed by atoms with van der Waals surface area (Å²) >= 11 is 7.74. The Morgan fingerprint density at radius 1 is 1.12 bits per heavy atom. The van der Waals surface area contributed by atoms with Gasteiger partial charge in [-0.25, -0.2) is 0 Å². The van der Waals surface area contributed by atoms with Crippen LogP contribution in [-0.4, -0.2) is 20.9 Å². The predicted octanol–water partition coefficient (Wildman–Crippen LogP) is 3.72. The Kier molecular flexibility index (Phi) is 4.27. The van der Waals surface area contributed by atoms with Gasteiger partial charge in [-0.15, -0.1) is 11.3 Å². The number of thiophene rings is 1. The number of hydrogen-bond acceptors (Lipinski definition) is 3. The van der Waals surface area contributed by atoms with Crippen molar-refractivity contribution in [3.8, 4) is 5.69 Å². The molecular weight excluding hydrogens is 360 g/mol. The Morgan fingerprint density at radius 2 is 1.96 bits per heavy atom. The molecule has 4 nitrogen and oxygen atoms in total. The van der Waals surface area contributed by atoms with Gasteiger partial charge in [0.05, 0.1) is 11.4 Å². The number of benzene rings is 1. The first kappa shape index (κ1) is 16.4. The Morgan fingerprint density at radius 3 is 2.69 bits per heavy atom. The van der Waals surface area contributed by atoms with Crippen molar-refractivity contribution < 1.29 is 4.90 Å². The maximum absolute atomic E-state index is 5.87. The van der Waals surface area contributed by atoms with Crippen molar-refractivity contribution in [2.24, 2.45) is 0 Å². The van der Waals surface area contributed by atoms with Crippen LogP contribution in [0.15, 0.2) is 47.8 Å². The molecule has 1 N–H and O–H groups in total. The molecule has 0 spiro atoms. The van der Waals surface area contributed by atoms with Crippen LogP contribution in [0.5, 0.6) is 0 Å². The van der Waals surface area contributed by atoms with Crippen molar-refractivity contribution in [2.75, 3.05) is 6.54 Å². The zero-order chi connectivity index (χ0) is 17.5. The monoisotopic (exact) mass is 383 g/mol. The number of nitrogens with zero attached hydrogens (tertiary/aromatic N) is 3. The largest absolute Gasteiger partial charge is 0.309 e. The second kappa shape index (κ2) is 6.76. The summed E-state index contributed by atoms with van der Waals surface area (Å²) in [7, 11) is 0. The average molecular weight is 384 g/mol. The molecule has 6 heteroatoms. The van der Waals surface area contributed by atoms with Gasteiger partial charge in [0.2, 0.25) is 4.77 Å². The second-order valence-electron chi connectivity index (χ2n) is 7.36. The quantitative estimate of drug-likeness (QED) is 0.680. The molecule has 2 fully saturated rings. The van der Waals surface area contributed by atoms with Gasteiger partial charge in [0.1, 0.15) is 11.9 Å². The highest BCUT2D eigenvalue weighted by Crippen LogP contribution is 2.40. The minimum Gasteiger partial charge on any atom is -0.309 e. The van der Waals surface area contributed by atoms with E-state index in [0.717, 1.165) is 23.0 Å². The van der Waals surface area contributed by atoms with E-state index >= 15 is 0 Å². The van der Waals surface area contributed by atoms with E-state index < -0.39 is 0 Å². The van der Waals surface area contributed by atoms with Crippen molar-refractivity contribution in [2.45, 2.75) is 44.3 Å². The van der Waals surface area contributed by atoms with Gasteiger partial charge in [-0.1, -0.05) is 24.3 Å². The van der Waals surface area contributed by atoms with Crippen molar-refractivity contribution in [3.63, 3.8) is 0 Å². The lowest BCUT2D eigenvalue weighted by molar-refractivity contribution is -0.941. The van der Waals surface area contributed by atoms with Crippen LogP contribution < -0.4 is 4.90 Å². The maximum atomic E-state index is 5.87. The number of quaternary nitrogens is 1. The van der Waals surface area contributed by atoms with Crippen molar-refractivity contribution in [1.82, 2.24) is 14.3 Å². The third-order valence-electron chi connectivity index (χ3n) is 5.54. The summed E-state index contributed by atoms with van der Waals surface area (Å²) in [6.07, 6.45) is 5.00. The third-order valence-corrected chi connectivity index (χ3v) is 6.92. The van der Waals surface area contributed by atoms with Gasteiger partial charge in [0.15, 0.2) is 6.67 Å². The molecule has 3 aromatic rings. The van der Waals surface area contributed by atoms with Crippen LogP contribution in [0.1, 0.15) is 48.3 Å². The summed E-state index contributed by atoms with van der Waals surface area (Å²) in [6.45, 7) is 2.06. The summed E-state index contributed by atoms with van der Waals surface area (Å²) in [5, 5.41) is 7.17. The van der Waals surface area contributed by atoms with Crippen LogP contribution in [-0.2, 0) is 6.67 Å². The molecule has 5 rings (SSSR count).